The molecule has 2 amide bonds. The lowest BCUT2D eigenvalue weighted by molar-refractivity contribution is 0.140. The van der Waals surface area contributed by atoms with Crippen LogP contribution in [0.15, 0.2) is 42.7 Å². The third kappa shape index (κ3) is 2.54. The molecule has 0 atom stereocenters. The van der Waals surface area contributed by atoms with Gasteiger partial charge >= 0.3 is 6.03 Å². The van der Waals surface area contributed by atoms with Gasteiger partial charge in [-0.25, -0.2) is 14.8 Å². The van der Waals surface area contributed by atoms with E-state index in [0.29, 0.717) is 12.5 Å². The predicted molar refractivity (Wildman–Crippen MR) is 86.7 cm³/mol. The van der Waals surface area contributed by atoms with Crippen LogP contribution in [0.3, 0.4) is 0 Å². The number of hydrogen-bond donors (Lipinski definition) is 0. The molecule has 1 aromatic carbocycles. The first-order chi connectivity index (χ1) is 10.5. The van der Waals surface area contributed by atoms with Crippen LogP contribution in [0, 0.1) is 0 Å². The van der Waals surface area contributed by atoms with Crippen molar-refractivity contribution in [1.29, 1.82) is 0 Å². The summed E-state index contributed by atoms with van der Waals surface area (Å²) in [5.41, 5.74) is 1.89. The second-order valence-electron chi connectivity index (χ2n) is 6.19. The van der Waals surface area contributed by atoms with Gasteiger partial charge in [-0.1, -0.05) is 30.3 Å². The van der Waals surface area contributed by atoms with Gasteiger partial charge in [0.25, 0.3) is 0 Å². The van der Waals surface area contributed by atoms with Crippen LogP contribution in [0.25, 0.3) is 11.1 Å². The number of amides is 2. The zero-order valence-electron chi connectivity index (χ0n) is 13.2. The lowest BCUT2D eigenvalue weighted by Gasteiger charge is -2.43. The molecule has 1 aliphatic heterocycles. The number of anilines is 1. The molecule has 114 valence electrons. The van der Waals surface area contributed by atoms with E-state index in [4.69, 9.17) is 0 Å². The molecule has 2 aromatic rings. The molecule has 5 nitrogen and oxygen atoms in total. The standard InChI is InChI=1S/C17H20N4O/c1-17(2)9-10-21(16(22)20(17)3)15-18-11-14(12-19-15)13-7-5-4-6-8-13/h4-8,11-12H,9-10H2,1-3H3. The summed E-state index contributed by atoms with van der Waals surface area (Å²) in [5, 5.41) is 0. The summed E-state index contributed by atoms with van der Waals surface area (Å²) in [6.45, 7) is 4.78. The van der Waals surface area contributed by atoms with Gasteiger partial charge in [-0.3, -0.25) is 4.90 Å². The molecule has 1 aliphatic rings. The van der Waals surface area contributed by atoms with Crippen LogP contribution in [-0.2, 0) is 0 Å². The Balaban J connectivity index is 1.83. The van der Waals surface area contributed by atoms with Crippen molar-refractivity contribution in [3.05, 3.63) is 42.7 Å². The average molecular weight is 296 g/mol. The molecule has 1 saturated heterocycles. The summed E-state index contributed by atoms with van der Waals surface area (Å²) in [6, 6.07) is 9.91. The van der Waals surface area contributed by atoms with Gasteiger partial charge in [-0.15, -0.1) is 0 Å². The molecule has 3 rings (SSSR count). The topological polar surface area (TPSA) is 49.3 Å². The van der Waals surface area contributed by atoms with Gasteiger partial charge in [-0.2, -0.15) is 0 Å². The second kappa shape index (κ2) is 5.40. The summed E-state index contributed by atoms with van der Waals surface area (Å²) in [7, 11) is 1.83. The van der Waals surface area contributed by atoms with E-state index in [1.165, 1.54) is 0 Å². The second-order valence-corrected chi connectivity index (χ2v) is 6.19. The van der Waals surface area contributed by atoms with E-state index in [9.17, 15) is 4.79 Å². The average Bonchev–Trinajstić information content (AvgIpc) is 2.54. The first-order valence-electron chi connectivity index (χ1n) is 7.42. The number of aromatic nitrogens is 2. The highest BCUT2D eigenvalue weighted by Gasteiger charge is 2.37. The minimum absolute atomic E-state index is 0.0521. The summed E-state index contributed by atoms with van der Waals surface area (Å²) >= 11 is 0. The Hall–Kier alpha value is -2.43. The monoisotopic (exact) mass is 296 g/mol. The van der Waals surface area contributed by atoms with Crippen molar-refractivity contribution in [1.82, 2.24) is 14.9 Å². The van der Waals surface area contributed by atoms with Gasteiger partial charge in [-0.05, 0) is 25.8 Å². The van der Waals surface area contributed by atoms with Gasteiger partial charge in [0, 0.05) is 37.1 Å². The predicted octanol–water partition coefficient (Wildman–Crippen LogP) is 3.18. The molecule has 5 heteroatoms. The normalized spacial score (nSPS) is 17.7. The lowest BCUT2D eigenvalue weighted by atomic mass is 9.96. The fraction of sp³-hybridized carbons (Fsp3) is 0.353. The molecule has 0 N–H and O–H groups in total. The van der Waals surface area contributed by atoms with E-state index in [1.807, 2.05) is 37.4 Å². The van der Waals surface area contributed by atoms with Gasteiger partial charge < -0.3 is 4.90 Å². The van der Waals surface area contributed by atoms with Crippen LogP contribution in [-0.4, -0.2) is 40.0 Å². The first kappa shape index (κ1) is 14.5. The highest BCUT2D eigenvalue weighted by molar-refractivity contribution is 5.91. The molecule has 1 fully saturated rings. The number of carbonyl (C=O) groups is 1. The molecule has 0 bridgehead atoms. The van der Waals surface area contributed by atoms with Crippen molar-refractivity contribution < 1.29 is 4.79 Å². The van der Waals surface area contributed by atoms with Gasteiger partial charge in [0.05, 0.1) is 0 Å². The molecule has 0 saturated carbocycles. The minimum Gasteiger partial charge on any atom is -0.322 e. The van der Waals surface area contributed by atoms with Gasteiger partial charge in [0.2, 0.25) is 5.95 Å². The smallest absolute Gasteiger partial charge is 0.322 e. The van der Waals surface area contributed by atoms with E-state index in [0.717, 1.165) is 17.5 Å². The van der Waals surface area contributed by atoms with Crippen molar-refractivity contribution in [2.75, 3.05) is 18.5 Å². The number of hydrogen-bond acceptors (Lipinski definition) is 3. The largest absolute Gasteiger partial charge is 0.327 e. The molecule has 0 spiro atoms. The van der Waals surface area contributed by atoms with Crippen LogP contribution in [0.1, 0.15) is 20.3 Å². The fourth-order valence-electron chi connectivity index (χ4n) is 2.51. The Bertz CT molecular complexity index is 667. The van der Waals surface area contributed by atoms with Gasteiger partial charge in [0.1, 0.15) is 0 Å². The highest BCUT2D eigenvalue weighted by atomic mass is 16.2. The summed E-state index contributed by atoms with van der Waals surface area (Å²) in [6.07, 6.45) is 4.43. The van der Waals surface area contributed by atoms with Gasteiger partial charge in [0.15, 0.2) is 0 Å². The third-order valence-electron chi connectivity index (χ3n) is 4.36. The summed E-state index contributed by atoms with van der Waals surface area (Å²) in [4.78, 5) is 24.6. The van der Waals surface area contributed by atoms with Crippen molar-refractivity contribution >= 4 is 12.0 Å². The minimum atomic E-state index is -0.127. The molecular weight excluding hydrogens is 276 g/mol. The van der Waals surface area contributed by atoms with E-state index in [1.54, 1.807) is 22.2 Å². The lowest BCUT2D eigenvalue weighted by Crippen LogP contribution is -2.58. The molecule has 2 heterocycles. The Morgan fingerprint density at radius 2 is 1.68 bits per heavy atom. The van der Waals surface area contributed by atoms with E-state index < -0.39 is 0 Å². The number of rotatable bonds is 2. The molecule has 0 radical (unpaired) electrons. The molecule has 0 unspecified atom stereocenters. The number of urea groups is 1. The zero-order chi connectivity index (χ0) is 15.7. The molecule has 1 aromatic heterocycles. The number of carbonyl (C=O) groups excluding carboxylic acids is 1. The van der Waals surface area contributed by atoms with Crippen LogP contribution >= 0.6 is 0 Å². The van der Waals surface area contributed by atoms with E-state index >= 15 is 0 Å². The SMILES string of the molecule is CN1C(=O)N(c2ncc(-c3ccccc3)cn2)CCC1(C)C. The van der Waals surface area contributed by atoms with Crippen LogP contribution in [0.5, 0.6) is 0 Å². The summed E-state index contributed by atoms with van der Waals surface area (Å²) < 4.78 is 0. The Morgan fingerprint density at radius 3 is 2.32 bits per heavy atom. The quantitative estimate of drug-likeness (QED) is 0.855. The Kier molecular flexibility index (Phi) is 3.56. The molecule has 22 heavy (non-hydrogen) atoms. The number of nitrogens with zero attached hydrogens (tertiary/aromatic N) is 4. The van der Waals surface area contributed by atoms with Crippen molar-refractivity contribution in [3.63, 3.8) is 0 Å². The molecule has 0 aliphatic carbocycles. The maximum absolute atomic E-state index is 12.5. The maximum atomic E-state index is 12.5. The Labute approximate surface area is 130 Å². The summed E-state index contributed by atoms with van der Waals surface area (Å²) in [5.74, 6) is 0.465. The van der Waals surface area contributed by atoms with Crippen molar-refractivity contribution in [2.45, 2.75) is 25.8 Å². The fourth-order valence-corrected chi connectivity index (χ4v) is 2.51. The zero-order valence-corrected chi connectivity index (χ0v) is 13.2. The van der Waals surface area contributed by atoms with E-state index in [-0.39, 0.29) is 11.6 Å². The molecular formula is C17H20N4O. The third-order valence-corrected chi connectivity index (χ3v) is 4.36. The highest BCUT2D eigenvalue weighted by Crippen LogP contribution is 2.27. The van der Waals surface area contributed by atoms with Crippen LogP contribution in [0.4, 0.5) is 10.7 Å². The Morgan fingerprint density at radius 1 is 1.05 bits per heavy atom. The van der Waals surface area contributed by atoms with Crippen LogP contribution < -0.4 is 4.90 Å². The first-order valence-corrected chi connectivity index (χ1v) is 7.42. The maximum Gasteiger partial charge on any atom is 0.327 e. The van der Waals surface area contributed by atoms with E-state index in [2.05, 4.69) is 23.8 Å². The number of benzene rings is 1. The van der Waals surface area contributed by atoms with Crippen molar-refractivity contribution in [2.24, 2.45) is 0 Å². The van der Waals surface area contributed by atoms with Crippen molar-refractivity contribution in [3.8, 4) is 11.1 Å². The van der Waals surface area contributed by atoms with Crippen LogP contribution in [0.2, 0.25) is 0 Å².